The molecule has 0 aromatic heterocycles. The quantitative estimate of drug-likeness (QED) is 0.190. The monoisotopic (exact) mass is 546 g/mol. The molecule has 0 bridgehead atoms. The first kappa shape index (κ1) is 29.9. The first-order valence-electron chi connectivity index (χ1n) is 15.5. The van der Waals surface area contributed by atoms with E-state index in [-0.39, 0.29) is 17.6 Å². The number of unbranched alkanes of at least 4 members (excludes halogenated alkanes) is 4. The van der Waals surface area contributed by atoms with Gasteiger partial charge in [0, 0.05) is 0 Å². The van der Waals surface area contributed by atoms with Crippen LogP contribution in [0.1, 0.15) is 132 Å². The standard InChI is InChI=1S/C34H46F4O/c1-3-4-5-6-7-22-39-30-21-20-29(33(37)34(30)38)26-15-10-24(11-16-26)12-17-27-18-19-28(32(36)31(27)35)25-13-8-23(2)9-14-25/h18-21,23-26H,3-17,22H2,1-2H3. The van der Waals surface area contributed by atoms with Crippen molar-refractivity contribution in [3.05, 3.63) is 64.2 Å². The van der Waals surface area contributed by atoms with Gasteiger partial charge in [-0.2, -0.15) is 4.39 Å². The third kappa shape index (κ3) is 7.79. The maximum atomic E-state index is 14.9. The molecule has 5 heteroatoms. The van der Waals surface area contributed by atoms with Crippen LogP contribution in [0.2, 0.25) is 0 Å². The summed E-state index contributed by atoms with van der Waals surface area (Å²) < 4.78 is 65.0. The van der Waals surface area contributed by atoms with Crippen molar-refractivity contribution in [3.8, 4) is 5.75 Å². The van der Waals surface area contributed by atoms with Gasteiger partial charge in [0.1, 0.15) is 0 Å². The van der Waals surface area contributed by atoms with Crippen LogP contribution in [0.3, 0.4) is 0 Å². The molecular weight excluding hydrogens is 500 g/mol. The Balaban J connectivity index is 1.25. The molecule has 0 radical (unpaired) electrons. The second kappa shape index (κ2) is 14.6. The summed E-state index contributed by atoms with van der Waals surface area (Å²) >= 11 is 0. The van der Waals surface area contributed by atoms with Crippen molar-refractivity contribution in [2.24, 2.45) is 11.8 Å². The number of halogens is 4. The Bertz CT molecular complexity index is 1050. The van der Waals surface area contributed by atoms with Crippen molar-refractivity contribution in [1.82, 2.24) is 0 Å². The van der Waals surface area contributed by atoms with Gasteiger partial charge in [0.2, 0.25) is 5.82 Å². The zero-order chi connectivity index (χ0) is 27.8. The van der Waals surface area contributed by atoms with E-state index in [0.29, 0.717) is 41.6 Å². The van der Waals surface area contributed by atoms with Gasteiger partial charge in [-0.25, -0.2) is 13.2 Å². The average Bonchev–Trinajstić information content (AvgIpc) is 2.95. The lowest BCUT2D eigenvalue weighted by molar-refractivity contribution is 0.280. The molecule has 0 atom stereocenters. The van der Waals surface area contributed by atoms with Gasteiger partial charge in [-0.15, -0.1) is 0 Å². The van der Waals surface area contributed by atoms with E-state index in [1.807, 2.05) is 6.07 Å². The van der Waals surface area contributed by atoms with E-state index < -0.39 is 23.3 Å². The van der Waals surface area contributed by atoms with Gasteiger partial charge >= 0.3 is 0 Å². The summed E-state index contributed by atoms with van der Waals surface area (Å²) in [5.74, 6) is -1.85. The molecule has 0 aliphatic heterocycles. The van der Waals surface area contributed by atoms with Crippen LogP contribution in [-0.2, 0) is 6.42 Å². The normalized spacial score (nSPS) is 23.6. The van der Waals surface area contributed by atoms with Crippen molar-refractivity contribution < 1.29 is 22.3 Å². The highest BCUT2D eigenvalue weighted by Crippen LogP contribution is 2.41. The van der Waals surface area contributed by atoms with Crippen molar-refractivity contribution in [2.75, 3.05) is 6.61 Å². The van der Waals surface area contributed by atoms with Crippen LogP contribution < -0.4 is 4.74 Å². The van der Waals surface area contributed by atoms with Gasteiger partial charge < -0.3 is 4.74 Å². The minimum absolute atomic E-state index is 0.00116. The predicted octanol–water partition coefficient (Wildman–Crippen LogP) is 10.8. The van der Waals surface area contributed by atoms with Crippen LogP contribution in [0.4, 0.5) is 17.6 Å². The lowest BCUT2D eigenvalue weighted by atomic mass is 9.76. The van der Waals surface area contributed by atoms with E-state index in [9.17, 15) is 17.6 Å². The topological polar surface area (TPSA) is 9.23 Å². The molecule has 1 nitrogen and oxygen atoms in total. The van der Waals surface area contributed by atoms with E-state index in [4.69, 9.17) is 4.74 Å². The molecule has 0 saturated heterocycles. The number of rotatable bonds is 12. The lowest BCUT2D eigenvalue weighted by Gasteiger charge is -2.29. The van der Waals surface area contributed by atoms with E-state index in [1.165, 1.54) is 6.42 Å². The molecule has 0 heterocycles. The summed E-state index contributed by atoms with van der Waals surface area (Å²) in [6.07, 6.45) is 14.0. The first-order chi connectivity index (χ1) is 18.9. The molecule has 0 N–H and O–H groups in total. The summed E-state index contributed by atoms with van der Waals surface area (Å²) in [6, 6.07) is 6.84. The number of aryl methyl sites for hydroxylation is 1. The van der Waals surface area contributed by atoms with E-state index in [1.54, 1.807) is 18.2 Å². The van der Waals surface area contributed by atoms with Crippen LogP contribution in [0, 0.1) is 35.1 Å². The fourth-order valence-corrected chi connectivity index (χ4v) is 6.67. The third-order valence-electron chi connectivity index (χ3n) is 9.34. The Morgan fingerprint density at radius 3 is 1.92 bits per heavy atom. The average molecular weight is 547 g/mol. The number of hydrogen-bond acceptors (Lipinski definition) is 1. The maximum absolute atomic E-state index is 14.9. The number of benzene rings is 2. The predicted molar refractivity (Wildman–Crippen MR) is 150 cm³/mol. The second-order valence-electron chi connectivity index (χ2n) is 12.2. The molecule has 2 fully saturated rings. The van der Waals surface area contributed by atoms with Crippen molar-refractivity contribution in [3.63, 3.8) is 0 Å². The van der Waals surface area contributed by atoms with Crippen molar-refractivity contribution in [2.45, 2.75) is 122 Å². The Labute approximate surface area is 232 Å². The van der Waals surface area contributed by atoms with Gasteiger partial charge in [-0.3, -0.25) is 0 Å². The molecule has 2 aliphatic rings. The highest BCUT2D eigenvalue weighted by Gasteiger charge is 2.28. The third-order valence-corrected chi connectivity index (χ3v) is 9.34. The van der Waals surface area contributed by atoms with Gasteiger partial charge in [-0.1, -0.05) is 70.6 Å². The maximum Gasteiger partial charge on any atom is 0.200 e. The number of hydrogen-bond donors (Lipinski definition) is 0. The smallest absolute Gasteiger partial charge is 0.200 e. The Morgan fingerprint density at radius 1 is 0.667 bits per heavy atom. The summed E-state index contributed by atoms with van der Waals surface area (Å²) in [5.41, 5.74) is 1.43. The summed E-state index contributed by atoms with van der Waals surface area (Å²) in [4.78, 5) is 0. The molecule has 4 rings (SSSR count). The lowest BCUT2D eigenvalue weighted by Crippen LogP contribution is -2.16. The Morgan fingerprint density at radius 2 is 1.26 bits per heavy atom. The van der Waals surface area contributed by atoms with Crippen LogP contribution >= 0.6 is 0 Å². The minimum Gasteiger partial charge on any atom is -0.490 e. The van der Waals surface area contributed by atoms with Crippen LogP contribution in [0.5, 0.6) is 5.75 Å². The van der Waals surface area contributed by atoms with Crippen LogP contribution in [0.25, 0.3) is 0 Å². The second-order valence-corrected chi connectivity index (χ2v) is 12.2. The van der Waals surface area contributed by atoms with E-state index in [0.717, 1.165) is 83.5 Å². The van der Waals surface area contributed by atoms with Gasteiger partial charge in [-0.05, 0) is 104 Å². The van der Waals surface area contributed by atoms with E-state index in [2.05, 4.69) is 13.8 Å². The molecule has 216 valence electrons. The fourth-order valence-electron chi connectivity index (χ4n) is 6.67. The molecule has 2 saturated carbocycles. The molecular formula is C34H46F4O. The summed E-state index contributed by atoms with van der Waals surface area (Å²) in [5, 5.41) is 0. The van der Waals surface area contributed by atoms with Gasteiger partial charge in [0.05, 0.1) is 6.61 Å². The van der Waals surface area contributed by atoms with Crippen LogP contribution in [0.15, 0.2) is 24.3 Å². The van der Waals surface area contributed by atoms with Crippen molar-refractivity contribution >= 4 is 0 Å². The highest BCUT2D eigenvalue weighted by molar-refractivity contribution is 5.33. The molecule has 0 spiro atoms. The fraction of sp³-hybridized carbons (Fsp3) is 0.647. The molecule has 0 unspecified atom stereocenters. The zero-order valence-corrected chi connectivity index (χ0v) is 23.9. The highest BCUT2D eigenvalue weighted by atomic mass is 19.2. The SMILES string of the molecule is CCCCCCCOc1ccc(C2CCC(CCc3ccc(C4CCC(C)CC4)c(F)c3F)CC2)c(F)c1F. The van der Waals surface area contributed by atoms with Crippen molar-refractivity contribution in [1.29, 1.82) is 0 Å². The minimum atomic E-state index is -0.883. The zero-order valence-electron chi connectivity index (χ0n) is 23.9. The van der Waals surface area contributed by atoms with E-state index >= 15 is 0 Å². The first-order valence-corrected chi connectivity index (χ1v) is 15.5. The summed E-state index contributed by atoms with van der Waals surface area (Å²) in [7, 11) is 0. The van der Waals surface area contributed by atoms with Crippen LogP contribution in [-0.4, -0.2) is 6.61 Å². The van der Waals surface area contributed by atoms with Gasteiger partial charge in [0.15, 0.2) is 23.2 Å². The van der Waals surface area contributed by atoms with Gasteiger partial charge in [0.25, 0.3) is 0 Å². The molecule has 2 aromatic carbocycles. The largest absolute Gasteiger partial charge is 0.490 e. The molecule has 0 amide bonds. The summed E-state index contributed by atoms with van der Waals surface area (Å²) in [6.45, 7) is 4.78. The Kier molecular flexibility index (Phi) is 11.2. The number of ether oxygens (including phenoxy) is 1. The Hall–Kier alpha value is -2.04. The molecule has 39 heavy (non-hydrogen) atoms. The molecule has 2 aliphatic carbocycles. The molecule has 2 aromatic rings.